The molecule has 302 valence electrons. The first-order valence-electron chi connectivity index (χ1n) is 18.9. The van der Waals surface area contributed by atoms with Crippen molar-refractivity contribution < 1.29 is 42.1 Å². The van der Waals surface area contributed by atoms with E-state index in [9.17, 15) is 18.0 Å². The predicted molar refractivity (Wildman–Crippen MR) is 203 cm³/mol. The van der Waals surface area contributed by atoms with Gasteiger partial charge in [0.2, 0.25) is 0 Å². The monoisotopic (exact) mass is 764 g/mol. The normalized spacial score (nSPS) is 18.9. The van der Waals surface area contributed by atoms with E-state index in [-0.39, 0.29) is 6.09 Å². The third-order valence-corrected chi connectivity index (χ3v) is 9.44. The molecular formula is C39H59F3N6O6. The van der Waals surface area contributed by atoms with Crippen LogP contribution in [0.1, 0.15) is 43.0 Å². The van der Waals surface area contributed by atoms with Crippen LogP contribution in [0.2, 0.25) is 0 Å². The van der Waals surface area contributed by atoms with Crippen molar-refractivity contribution in [3.8, 4) is 0 Å². The number of amides is 1. The second-order valence-corrected chi connectivity index (χ2v) is 15.0. The number of morpholine rings is 2. The molecule has 4 saturated heterocycles. The Hall–Kier alpha value is -3.63. The second kappa shape index (κ2) is 20.3. The highest BCUT2D eigenvalue weighted by molar-refractivity contribution is 5.73. The van der Waals surface area contributed by atoms with Gasteiger partial charge in [0.25, 0.3) is 0 Å². The molecule has 15 heteroatoms. The van der Waals surface area contributed by atoms with Crippen molar-refractivity contribution in [3.05, 3.63) is 58.7 Å². The number of ether oxygens (including phenoxy) is 3. The first-order chi connectivity index (χ1) is 25.6. The lowest BCUT2D eigenvalue weighted by Crippen LogP contribution is -2.49. The topological polar surface area (TPSA) is 110 Å². The van der Waals surface area contributed by atoms with Gasteiger partial charge in [-0.25, -0.2) is 9.59 Å². The molecule has 2 N–H and O–H groups in total. The molecule has 0 atom stereocenters. The van der Waals surface area contributed by atoms with Crippen LogP contribution in [0, 0.1) is 13.8 Å². The number of alkyl halides is 3. The van der Waals surface area contributed by atoms with Crippen LogP contribution in [0.4, 0.5) is 29.3 Å². The Morgan fingerprint density at radius 1 is 0.704 bits per heavy atom. The molecule has 0 aliphatic carbocycles. The molecule has 54 heavy (non-hydrogen) atoms. The number of hydrogen-bond acceptors (Lipinski definition) is 10. The Morgan fingerprint density at radius 3 is 1.50 bits per heavy atom. The zero-order valence-corrected chi connectivity index (χ0v) is 32.6. The van der Waals surface area contributed by atoms with E-state index < -0.39 is 17.7 Å². The van der Waals surface area contributed by atoms with Crippen LogP contribution in [-0.2, 0) is 32.1 Å². The summed E-state index contributed by atoms with van der Waals surface area (Å²) in [7, 11) is 0. The van der Waals surface area contributed by atoms with Gasteiger partial charge in [0.1, 0.15) is 5.60 Å². The highest BCUT2D eigenvalue weighted by Gasteiger charge is 2.38. The maximum atomic E-state index is 12.3. The van der Waals surface area contributed by atoms with Gasteiger partial charge in [-0.15, -0.1) is 0 Å². The SMILES string of the molecule is Cc1ccc(N2CCOCC2)c(CN2CCN(C(=O)OC(C)(C)C)CC2)c1.Cc1ccc(N2CCOCC2)c(CN2CCNCC2)c1.O=C(O)C(F)(F)F. The van der Waals surface area contributed by atoms with Crippen LogP contribution < -0.4 is 15.1 Å². The number of benzene rings is 2. The van der Waals surface area contributed by atoms with E-state index in [2.05, 4.69) is 75.2 Å². The summed E-state index contributed by atoms with van der Waals surface area (Å²) in [6.45, 7) is 26.9. The summed E-state index contributed by atoms with van der Waals surface area (Å²) in [5.41, 5.74) is 7.75. The summed E-state index contributed by atoms with van der Waals surface area (Å²) < 4.78 is 48.2. The lowest BCUT2D eigenvalue weighted by atomic mass is 10.1. The summed E-state index contributed by atoms with van der Waals surface area (Å²) >= 11 is 0. The van der Waals surface area contributed by atoms with Gasteiger partial charge in [-0.1, -0.05) is 35.4 Å². The molecule has 2 aromatic rings. The molecule has 4 heterocycles. The molecule has 4 aliphatic rings. The third kappa shape index (κ3) is 14.2. The smallest absolute Gasteiger partial charge is 0.475 e. The highest BCUT2D eigenvalue weighted by Crippen LogP contribution is 2.26. The predicted octanol–water partition coefficient (Wildman–Crippen LogP) is 4.75. The molecule has 0 saturated carbocycles. The maximum Gasteiger partial charge on any atom is 0.490 e. The molecular weight excluding hydrogens is 705 g/mol. The number of aryl methyl sites for hydroxylation is 2. The number of rotatable bonds is 6. The highest BCUT2D eigenvalue weighted by atomic mass is 19.4. The minimum atomic E-state index is -5.08. The van der Waals surface area contributed by atoms with Gasteiger partial charge in [-0.2, -0.15) is 13.2 Å². The molecule has 12 nitrogen and oxygen atoms in total. The van der Waals surface area contributed by atoms with Gasteiger partial charge in [0.05, 0.1) is 26.4 Å². The van der Waals surface area contributed by atoms with Gasteiger partial charge < -0.3 is 39.3 Å². The fourth-order valence-electron chi connectivity index (χ4n) is 6.67. The van der Waals surface area contributed by atoms with E-state index in [0.29, 0.717) is 13.1 Å². The first kappa shape index (κ1) is 43.1. The largest absolute Gasteiger partial charge is 0.490 e. The fourth-order valence-corrected chi connectivity index (χ4v) is 6.67. The number of aliphatic carboxylic acids is 1. The van der Waals surface area contributed by atoms with Crippen molar-refractivity contribution in [3.63, 3.8) is 0 Å². The molecule has 0 aromatic heterocycles. The molecule has 6 rings (SSSR count). The van der Waals surface area contributed by atoms with Crippen LogP contribution in [0.3, 0.4) is 0 Å². The number of nitrogens with one attached hydrogen (secondary N) is 1. The van der Waals surface area contributed by atoms with Crippen LogP contribution in [0.25, 0.3) is 0 Å². The first-order valence-corrected chi connectivity index (χ1v) is 18.9. The van der Waals surface area contributed by atoms with Crippen LogP contribution in [0.5, 0.6) is 0 Å². The number of hydrogen-bond donors (Lipinski definition) is 2. The molecule has 1 amide bonds. The maximum absolute atomic E-state index is 12.3. The third-order valence-electron chi connectivity index (χ3n) is 9.44. The van der Waals surface area contributed by atoms with Gasteiger partial charge in [0.15, 0.2) is 0 Å². The molecule has 0 bridgehead atoms. The summed E-state index contributed by atoms with van der Waals surface area (Å²) in [5, 5.41) is 10.5. The van der Waals surface area contributed by atoms with Gasteiger partial charge in [-0.3, -0.25) is 9.80 Å². The quantitative estimate of drug-likeness (QED) is 0.426. The second-order valence-electron chi connectivity index (χ2n) is 15.0. The number of carbonyl (C=O) groups is 2. The molecule has 4 fully saturated rings. The van der Waals surface area contributed by atoms with Crippen molar-refractivity contribution in [2.24, 2.45) is 0 Å². The standard InChI is InChI=1S/C21H33N3O3.C16H25N3O.C2HF3O2/c1-17-5-6-19(23-11-13-26-14-12-23)18(15-17)16-22-7-9-24(10-8-22)20(25)27-21(2,3)4;1-14-2-3-16(19-8-10-20-11-9-19)15(12-14)13-18-6-4-17-5-7-18;3-2(4,5)1(6)7/h5-6,15H,7-14,16H2,1-4H3;2-3,12,17H,4-11,13H2,1H3;(H,6,7). The van der Waals surface area contributed by atoms with Gasteiger partial charge in [0, 0.05) is 103 Å². The van der Waals surface area contributed by atoms with E-state index in [1.54, 1.807) is 0 Å². The van der Waals surface area contributed by atoms with Crippen molar-refractivity contribution in [2.75, 3.05) is 115 Å². The molecule has 2 aromatic carbocycles. The van der Waals surface area contributed by atoms with E-state index in [0.717, 1.165) is 105 Å². The van der Waals surface area contributed by atoms with Crippen LogP contribution in [0.15, 0.2) is 36.4 Å². The van der Waals surface area contributed by atoms with Crippen molar-refractivity contribution in [1.29, 1.82) is 0 Å². The van der Waals surface area contributed by atoms with Gasteiger partial charge in [-0.05, 0) is 57.9 Å². The molecule has 0 unspecified atom stereocenters. The van der Waals surface area contributed by atoms with Crippen molar-refractivity contribution in [1.82, 2.24) is 20.0 Å². The zero-order valence-electron chi connectivity index (χ0n) is 32.6. The number of piperazine rings is 2. The molecule has 0 radical (unpaired) electrons. The Labute approximate surface area is 318 Å². The van der Waals surface area contributed by atoms with Crippen LogP contribution >= 0.6 is 0 Å². The number of carboxylic acid groups (broad SMARTS) is 1. The van der Waals surface area contributed by atoms with Gasteiger partial charge >= 0.3 is 18.2 Å². The summed E-state index contributed by atoms with van der Waals surface area (Å²) in [5.74, 6) is -2.76. The average molecular weight is 765 g/mol. The summed E-state index contributed by atoms with van der Waals surface area (Å²) in [4.78, 5) is 32.8. The number of halogens is 3. The number of carbonyl (C=O) groups excluding carboxylic acids is 1. The fraction of sp³-hybridized carbons (Fsp3) is 0.641. The van der Waals surface area contributed by atoms with E-state index in [4.69, 9.17) is 24.1 Å². The Kier molecular flexibility index (Phi) is 16.2. The Bertz CT molecular complexity index is 1480. The summed E-state index contributed by atoms with van der Waals surface area (Å²) in [6, 6.07) is 13.6. The van der Waals surface area contributed by atoms with E-state index >= 15 is 0 Å². The summed E-state index contributed by atoms with van der Waals surface area (Å²) in [6.07, 6.45) is -5.29. The average Bonchev–Trinajstić information content (AvgIpc) is 3.13. The van der Waals surface area contributed by atoms with E-state index in [1.807, 2.05) is 25.7 Å². The molecule has 0 spiro atoms. The molecule has 4 aliphatic heterocycles. The number of nitrogens with zero attached hydrogens (tertiary/aromatic N) is 5. The minimum absolute atomic E-state index is 0.202. The van der Waals surface area contributed by atoms with Crippen molar-refractivity contribution >= 4 is 23.4 Å². The Balaban J connectivity index is 0.000000211. The van der Waals surface area contributed by atoms with Crippen LogP contribution in [-0.4, -0.2) is 149 Å². The Morgan fingerprint density at radius 2 is 1.11 bits per heavy atom. The van der Waals surface area contributed by atoms with E-state index in [1.165, 1.54) is 33.6 Å². The van der Waals surface area contributed by atoms with Crippen molar-refractivity contribution in [2.45, 2.75) is 59.5 Å². The lowest BCUT2D eigenvalue weighted by Gasteiger charge is -2.37. The zero-order chi connectivity index (χ0) is 39.3. The minimum Gasteiger partial charge on any atom is -0.475 e. The lowest BCUT2D eigenvalue weighted by molar-refractivity contribution is -0.192. The number of carboxylic acids is 1. The number of anilines is 2.